The Balaban J connectivity index is 1.29. The number of likely N-dealkylation sites (tertiary alicyclic amines) is 1. The minimum atomic E-state index is -1.72. The van der Waals surface area contributed by atoms with Gasteiger partial charge in [-0.05, 0) is 25.9 Å². The maximum absolute atomic E-state index is 14.2. The number of amides is 1. The zero-order valence-electron chi connectivity index (χ0n) is 21.9. The number of carbonyl (C=O) groups is 1. The van der Waals surface area contributed by atoms with Gasteiger partial charge in [0.15, 0.2) is 0 Å². The normalized spacial score (nSPS) is 15.9. The summed E-state index contributed by atoms with van der Waals surface area (Å²) in [5.74, 6) is 1.59. The van der Waals surface area contributed by atoms with E-state index in [2.05, 4.69) is 33.5 Å². The molecule has 7 nitrogen and oxygen atoms in total. The number of pyridine rings is 1. The Kier molecular flexibility index (Phi) is 8.23. The number of carbonyl (C=O) groups excluding carboxylic acids is 1. The number of aromatic nitrogens is 1. The van der Waals surface area contributed by atoms with Gasteiger partial charge in [0.2, 0.25) is 0 Å². The molecule has 5 rings (SSSR count). The molecule has 2 aromatic carbocycles. The van der Waals surface area contributed by atoms with Crippen molar-refractivity contribution in [1.82, 2.24) is 9.88 Å². The van der Waals surface area contributed by atoms with Crippen LogP contribution >= 0.6 is 19.8 Å². The van der Waals surface area contributed by atoms with Crippen molar-refractivity contribution in [3.05, 3.63) is 69.7 Å². The van der Waals surface area contributed by atoms with E-state index in [-0.39, 0.29) is 17.6 Å². The molecule has 2 aliphatic heterocycles. The fourth-order valence-corrected chi connectivity index (χ4v) is 9.47. The molecular weight excluding hydrogens is 596 g/mol. The molecule has 1 fully saturated rings. The van der Waals surface area contributed by atoms with E-state index in [1.165, 1.54) is 9.64 Å². The van der Waals surface area contributed by atoms with Crippen LogP contribution in [0, 0.1) is 9.39 Å². The second-order valence-electron chi connectivity index (χ2n) is 9.67. The van der Waals surface area contributed by atoms with Gasteiger partial charge in [0.25, 0.3) is 0 Å². The van der Waals surface area contributed by atoms with Gasteiger partial charge in [0.1, 0.15) is 0 Å². The molecule has 2 aliphatic rings. The fraction of sp³-hybridized carbons (Fsp3) is 0.345. The standard InChI is InChI=1S/C29H33FIN5O2/c1-4-31-25-10-8-21(16-26(25)34-29(31)33-20-7-9-24(30)23(15-20)19(2)3)38-22-11-12-32-27(17-22)35-28(37)18-36-13-5-6-14-36/h7-12,15-17,19H,4-6,13-14,18H2,1-3H3,(H,33,34)(H,32,35,37). The Morgan fingerprint density at radius 3 is 2.66 bits per heavy atom. The molecule has 0 saturated carbocycles. The summed E-state index contributed by atoms with van der Waals surface area (Å²) in [7, 11) is 0. The van der Waals surface area contributed by atoms with Crippen LogP contribution in [-0.2, 0) is 4.79 Å². The summed E-state index contributed by atoms with van der Waals surface area (Å²) in [6, 6.07) is 14.7. The van der Waals surface area contributed by atoms with Crippen LogP contribution in [0.2, 0.25) is 0 Å². The predicted octanol–water partition coefficient (Wildman–Crippen LogP) is 6.98. The molecule has 0 spiro atoms. The van der Waals surface area contributed by atoms with Gasteiger partial charge in [-0.3, -0.25) is 0 Å². The number of rotatable bonds is 8. The summed E-state index contributed by atoms with van der Waals surface area (Å²) in [6.45, 7) is 8.49. The molecule has 0 unspecified atom stereocenters. The maximum atomic E-state index is 14.2. The second-order valence-corrected chi connectivity index (χ2v) is 15.4. The molecule has 1 amide bonds. The first-order valence-corrected chi connectivity index (χ1v) is 16.7. The topological polar surface area (TPSA) is 78.9 Å². The zero-order valence-corrected chi connectivity index (χ0v) is 24.1. The van der Waals surface area contributed by atoms with Crippen LogP contribution in [0.3, 0.4) is 0 Å². The number of aliphatic imine (C=N–C) groups is 1. The number of ether oxygens (including phenoxy) is 1. The van der Waals surface area contributed by atoms with Crippen LogP contribution in [0.1, 0.15) is 45.1 Å². The third kappa shape index (κ3) is 6.15. The van der Waals surface area contributed by atoms with Crippen molar-refractivity contribution in [3.63, 3.8) is 0 Å². The van der Waals surface area contributed by atoms with Gasteiger partial charge in [0, 0.05) is 0 Å². The van der Waals surface area contributed by atoms with E-state index in [0.29, 0.717) is 29.4 Å². The molecule has 0 aliphatic carbocycles. The minimum absolute atomic E-state index is 0.0682. The van der Waals surface area contributed by atoms with Gasteiger partial charge >= 0.3 is 205 Å². The Morgan fingerprint density at radius 1 is 1.11 bits per heavy atom. The van der Waals surface area contributed by atoms with E-state index < -0.39 is 19.8 Å². The average Bonchev–Trinajstić information content (AvgIpc) is 3.52. The SMILES string of the molecule is CCI1C(Nc2ccc(F)c(C(C)C)c2)=Nc2cc(Oc3ccnc(NC(=O)CN4CCCC4)c3)ccc21. The van der Waals surface area contributed by atoms with Crippen molar-refractivity contribution in [2.75, 3.05) is 34.7 Å². The number of nitrogens with zero attached hydrogens (tertiary/aromatic N) is 3. The van der Waals surface area contributed by atoms with Gasteiger partial charge in [-0.2, -0.15) is 0 Å². The molecule has 3 heterocycles. The molecule has 0 radical (unpaired) electrons. The number of anilines is 2. The van der Waals surface area contributed by atoms with Gasteiger partial charge < -0.3 is 0 Å². The molecular formula is C29H33FIN5O2. The molecule has 0 atom stereocenters. The molecule has 0 bridgehead atoms. The van der Waals surface area contributed by atoms with Crippen molar-refractivity contribution >= 4 is 46.8 Å². The first-order chi connectivity index (χ1) is 18.4. The van der Waals surface area contributed by atoms with Crippen LogP contribution in [0.15, 0.2) is 59.7 Å². The number of hydrogen-bond acceptors (Lipinski definition) is 6. The molecule has 2 N–H and O–H groups in total. The Bertz CT molecular complexity index is 1360. The van der Waals surface area contributed by atoms with E-state index >= 15 is 0 Å². The predicted molar refractivity (Wildman–Crippen MR) is 160 cm³/mol. The van der Waals surface area contributed by atoms with Crippen molar-refractivity contribution in [1.29, 1.82) is 0 Å². The van der Waals surface area contributed by atoms with E-state index in [9.17, 15) is 9.18 Å². The zero-order chi connectivity index (χ0) is 26.6. The molecule has 1 aromatic heterocycles. The monoisotopic (exact) mass is 629 g/mol. The second kappa shape index (κ2) is 11.8. The molecule has 200 valence electrons. The third-order valence-corrected chi connectivity index (χ3v) is 12.1. The molecule has 9 heteroatoms. The van der Waals surface area contributed by atoms with E-state index in [1.54, 1.807) is 24.4 Å². The van der Waals surface area contributed by atoms with Crippen LogP contribution < -0.4 is 15.4 Å². The third-order valence-electron chi connectivity index (χ3n) is 6.53. The molecule has 3 aromatic rings. The van der Waals surface area contributed by atoms with Crippen molar-refractivity contribution in [2.45, 2.75) is 39.5 Å². The Hall–Kier alpha value is -3.05. The van der Waals surface area contributed by atoms with E-state index in [4.69, 9.17) is 9.73 Å². The molecule has 38 heavy (non-hydrogen) atoms. The number of fused-ring (bicyclic) bond motifs is 1. The quantitative estimate of drug-likeness (QED) is 0.160. The van der Waals surface area contributed by atoms with Gasteiger partial charge in [-0.15, -0.1) is 0 Å². The fourth-order valence-electron chi connectivity index (χ4n) is 4.63. The average molecular weight is 630 g/mol. The van der Waals surface area contributed by atoms with Crippen LogP contribution in [-0.4, -0.2) is 43.7 Å². The number of benzene rings is 2. The summed E-state index contributed by atoms with van der Waals surface area (Å²) in [5, 5.41) is 6.37. The number of hydrogen-bond donors (Lipinski definition) is 2. The van der Waals surface area contributed by atoms with Crippen molar-refractivity contribution in [2.24, 2.45) is 4.99 Å². The van der Waals surface area contributed by atoms with Gasteiger partial charge in [-0.1, -0.05) is 0 Å². The summed E-state index contributed by atoms with van der Waals surface area (Å²) >= 11 is -1.72. The Labute approximate surface area is 230 Å². The van der Waals surface area contributed by atoms with Crippen molar-refractivity contribution < 1.29 is 13.9 Å². The summed E-state index contributed by atoms with van der Waals surface area (Å²) in [5.41, 5.74) is 2.48. The molecule has 1 saturated heterocycles. The summed E-state index contributed by atoms with van der Waals surface area (Å²) in [6.07, 6.45) is 3.91. The van der Waals surface area contributed by atoms with Gasteiger partial charge in [0.05, 0.1) is 0 Å². The number of halogens is 2. The van der Waals surface area contributed by atoms with Crippen LogP contribution in [0.25, 0.3) is 0 Å². The summed E-state index contributed by atoms with van der Waals surface area (Å²) < 4.78 is 23.6. The van der Waals surface area contributed by atoms with Crippen LogP contribution in [0.4, 0.5) is 21.6 Å². The van der Waals surface area contributed by atoms with E-state index in [1.807, 2.05) is 32.0 Å². The van der Waals surface area contributed by atoms with Crippen molar-refractivity contribution in [3.8, 4) is 11.5 Å². The summed E-state index contributed by atoms with van der Waals surface area (Å²) in [4.78, 5) is 23.7. The number of alkyl halides is 1. The number of amidine groups is 1. The first-order valence-electron chi connectivity index (χ1n) is 13.0. The van der Waals surface area contributed by atoms with Crippen LogP contribution in [0.5, 0.6) is 11.5 Å². The van der Waals surface area contributed by atoms with Gasteiger partial charge in [-0.25, -0.2) is 0 Å². The Morgan fingerprint density at radius 2 is 1.89 bits per heavy atom. The van der Waals surface area contributed by atoms with E-state index in [0.717, 1.165) is 45.6 Å². The first kappa shape index (κ1) is 26.6. The number of nitrogens with one attached hydrogen (secondary N) is 2.